The second kappa shape index (κ2) is 8.21. The highest BCUT2D eigenvalue weighted by Crippen LogP contribution is 2.22. The smallest absolute Gasteiger partial charge is 0.348 e. The summed E-state index contributed by atoms with van der Waals surface area (Å²) in [7, 11) is 1.28. The summed E-state index contributed by atoms with van der Waals surface area (Å²) in [6.07, 6.45) is 1.57. The summed E-state index contributed by atoms with van der Waals surface area (Å²) in [6.45, 7) is 4.00. The molecular weight excluding hydrogens is 397 g/mol. The zero-order valence-corrected chi connectivity index (χ0v) is 15.3. The Morgan fingerprint density at radius 1 is 1.33 bits per heavy atom. The summed E-state index contributed by atoms with van der Waals surface area (Å²) < 4.78 is 19.3. The van der Waals surface area contributed by atoms with Gasteiger partial charge in [-0.3, -0.25) is 4.79 Å². The van der Waals surface area contributed by atoms with Crippen LogP contribution in [0.1, 0.15) is 24.9 Å². The number of hydrogen-bond donors (Lipinski definition) is 0. The number of hydrogen-bond acceptors (Lipinski definition) is 4. The van der Waals surface area contributed by atoms with Crippen LogP contribution in [0, 0.1) is 5.82 Å². The van der Waals surface area contributed by atoms with Crippen LogP contribution in [-0.2, 0) is 11.3 Å². The van der Waals surface area contributed by atoms with Crippen molar-refractivity contribution in [1.29, 1.82) is 0 Å². The van der Waals surface area contributed by atoms with Gasteiger partial charge in [-0.1, -0.05) is 22.0 Å². The first kappa shape index (κ1) is 18.4. The predicted molar refractivity (Wildman–Crippen MR) is 94.7 cm³/mol. The van der Waals surface area contributed by atoms with Gasteiger partial charge in [-0.2, -0.15) is 0 Å². The lowest BCUT2D eigenvalue weighted by Crippen LogP contribution is -2.30. The Kier molecular flexibility index (Phi) is 6.28. The van der Waals surface area contributed by atoms with Crippen molar-refractivity contribution in [1.82, 2.24) is 4.90 Å². The van der Waals surface area contributed by atoms with Gasteiger partial charge in [0.2, 0.25) is 0 Å². The van der Waals surface area contributed by atoms with Crippen molar-refractivity contribution in [3.8, 4) is 0 Å². The maximum Gasteiger partial charge on any atom is 0.348 e. The van der Waals surface area contributed by atoms with Gasteiger partial charge in [0.25, 0.3) is 5.91 Å². The van der Waals surface area contributed by atoms with Crippen LogP contribution in [-0.4, -0.2) is 30.4 Å². The molecule has 0 N–H and O–H groups in total. The second-order valence-corrected chi connectivity index (χ2v) is 6.87. The molecule has 0 fully saturated rings. The average molecular weight is 412 g/mol. The largest absolute Gasteiger partial charge is 0.465 e. The minimum atomic E-state index is -0.493. The number of ether oxygens (including phenoxy) is 1. The van der Waals surface area contributed by atoms with Crippen LogP contribution in [0.4, 0.5) is 4.39 Å². The summed E-state index contributed by atoms with van der Waals surface area (Å²) >= 11 is 4.34. The molecule has 126 valence electrons. The third kappa shape index (κ3) is 4.30. The molecule has 4 nitrogen and oxygen atoms in total. The quantitative estimate of drug-likeness (QED) is 0.526. The molecule has 1 heterocycles. The van der Waals surface area contributed by atoms with Gasteiger partial charge in [0.15, 0.2) is 0 Å². The minimum absolute atomic E-state index is 0.0988. The van der Waals surface area contributed by atoms with Gasteiger partial charge in [-0.05, 0) is 30.3 Å². The van der Waals surface area contributed by atoms with E-state index in [1.807, 2.05) is 0 Å². The van der Waals surface area contributed by atoms with E-state index in [1.165, 1.54) is 24.1 Å². The van der Waals surface area contributed by atoms with E-state index in [0.29, 0.717) is 15.3 Å². The number of rotatable bonds is 6. The molecule has 0 aliphatic heterocycles. The van der Waals surface area contributed by atoms with Crippen LogP contribution in [0.25, 0.3) is 0 Å². The fourth-order valence-electron chi connectivity index (χ4n) is 2.06. The molecule has 1 aromatic heterocycles. The number of benzene rings is 1. The number of nitrogens with zero attached hydrogens (tertiary/aromatic N) is 1. The van der Waals surface area contributed by atoms with Crippen molar-refractivity contribution < 1.29 is 18.7 Å². The number of carbonyl (C=O) groups is 2. The van der Waals surface area contributed by atoms with Crippen LogP contribution in [0.15, 0.2) is 47.5 Å². The minimum Gasteiger partial charge on any atom is -0.465 e. The Balaban J connectivity index is 2.24. The van der Waals surface area contributed by atoms with E-state index in [9.17, 15) is 14.0 Å². The first-order chi connectivity index (χ1) is 11.5. The van der Waals surface area contributed by atoms with Crippen molar-refractivity contribution >= 4 is 39.1 Å². The molecule has 0 aliphatic rings. The van der Waals surface area contributed by atoms with Gasteiger partial charge in [0.05, 0.1) is 12.0 Å². The van der Waals surface area contributed by atoms with E-state index in [2.05, 4.69) is 27.2 Å². The number of methoxy groups -OCH3 is 1. The highest BCUT2D eigenvalue weighted by molar-refractivity contribution is 9.10. The molecule has 24 heavy (non-hydrogen) atoms. The molecule has 0 spiro atoms. The fourth-order valence-corrected chi connectivity index (χ4v) is 3.36. The van der Waals surface area contributed by atoms with Gasteiger partial charge in [0.1, 0.15) is 10.7 Å². The van der Waals surface area contributed by atoms with Crippen molar-refractivity contribution in [2.24, 2.45) is 0 Å². The lowest BCUT2D eigenvalue weighted by molar-refractivity contribution is 0.0606. The number of amides is 1. The molecule has 0 atom stereocenters. The van der Waals surface area contributed by atoms with E-state index >= 15 is 0 Å². The Bertz CT molecular complexity index is 775. The Morgan fingerprint density at radius 2 is 2.04 bits per heavy atom. The molecule has 0 saturated carbocycles. The monoisotopic (exact) mass is 411 g/mol. The zero-order valence-electron chi connectivity index (χ0n) is 12.9. The highest BCUT2D eigenvalue weighted by Gasteiger charge is 2.20. The summed E-state index contributed by atoms with van der Waals surface area (Å²) in [5.74, 6) is -1.18. The van der Waals surface area contributed by atoms with Gasteiger partial charge in [0, 0.05) is 23.1 Å². The molecule has 1 aromatic carbocycles. The van der Waals surface area contributed by atoms with Gasteiger partial charge in [-0.15, -0.1) is 17.9 Å². The number of esters is 1. The molecule has 0 aliphatic carbocycles. The number of halogens is 2. The highest BCUT2D eigenvalue weighted by atomic mass is 79.9. The fraction of sp³-hybridized carbons (Fsp3) is 0.176. The van der Waals surface area contributed by atoms with E-state index in [0.717, 1.165) is 15.8 Å². The van der Waals surface area contributed by atoms with Crippen molar-refractivity contribution in [2.45, 2.75) is 6.54 Å². The Morgan fingerprint density at radius 3 is 2.71 bits per heavy atom. The third-order valence-electron chi connectivity index (χ3n) is 3.21. The summed E-state index contributed by atoms with van der Waals surface area (Å²) in [5, 5.41) is 0. The molecule has 0 bridgehead atoms. The summed E-state index contributed by atoms with van der Waals surface area (Å²) in [6, 6.07) is 7.67. The van der Waals surface area contributed by atoms with Gasteiger partial charge >= 0.3 is 5.97 Å². The predicted octanol–water partition coefficient (Wildman–Crippen LogP) is 4.26. The molecule has 2 rings (SSSR count). The number of thiophene rings is 1. The van der Waals surface area contributed by atoms with Crippen LogP contribution in [0.5, 0.6) is 0 Å². The standard InChI is InChI=1S/C17H15BrFNO3S/c1-3-8-20(10-11-9-12(18)4-5-13(11)19)16(21)14-6-7-15(24-14)17(22)23-2/h3-7,9H,1,8,10H2,2H3. The second-order valence-electron chi connectivity index (χ2n) is 4.87. The topological polar surface area (TPSA) is 46.6 Å². The van der Waals surface area contributed by atoms with Crippen molar-refractivity contribution in [3.05, 3.63) is 68.6 Å². The third-order valence-corrected chi connectivity index (χ3v) is 4.76. The van der Waals surface area contributed by atoms with E-state index in [-0.39, 0.29) is 24.8 Å². The summed E-state index contributed by atoms with van der Waals surface area (Å²) in [4.78, 5) is 26.4. The van der Waals surface area contributed by atoms with Crippen LogP contribution >= 0.6 is 27.3 Å². The van der Waals surface area contributed by atoms with E-state index < -0.39 is 5.97 Å². The lowest BCUT2D eigenvalue weighted by Gasteiger charge is -2.21. The first-order valence-electron chi connectivity index (χ1n) is 6.98. The molecule has 0 unspecified atom stereocenters. The SMILES string of the molecule is C=CCN(Cc1cc(Br)ccc1F)C(=O)c1ccc(C(=O)OC)s1. The van der Waals surface area contributed by atoms with Crippen LogP contribution < -0.4 is 0 Å². The van der Waals surface area contributed by atoms with Crippen molar-refractivity contribution in [3.63, 3.8) is 0 Å². The number of carbonyl (C=O) groups excluding carboxylic acids is 2. The van der Waals surface area contributed by atoms with Crippen molar-refractivity contribution in [2.75, 3.05) is 13.7 Å². The molecule has 2 aromatic rings. The molecule has 0 radical (unpaired) electrons. The van der Waals surface area contributed by atoms with Crippen LogP contribution in [0.2, 0.25) is 0 Å². The molecule has 7 heteroatoms. The Hall–Kier alpha value is -1.99. The maximum absolute atomic E-state index is 13.9. The van der Waals surface area contributed by atoms with Gasteiger partial charge in [-0.25, -0.2) is 9.18 Å². The van der Waals surface area contributed by atoms with Crippen LogP contribution in [0.3, 0.4) is 0 Å². The summed E-state index contributed by atoms with van der Waals surface area (Å²) in [5.41, 5.74) is 0.393. The zero-order chi connectivity index (χ0) is 17.7. The maximum atomic E-state index is 13.9. The van der Waals surface area contributed by atoms with E-state index in [4.69, 9.17) is 0 Å². The first-order valence-corrected chi connectivity index (χ1v) is 8.59. The Labute approximate surface area is 151 Å². The molecular formula is C17H15BrFNO3S. The normalized spacial score (nSPS) is 10.3. The lowest BCUT2D eigenvalue weighted by atomic mass is 10.2. The van der Waals surface area contributed by atoms with E-state index in [1.54, 1.807) is 24.3 Å². The molecule has 1 amide bonds. The van der Waals surface area contributed by atoms with Gasteiger partial charge < -0.3 is 9.64 Å². The molecule has 0 saturated heterocycles. The average Bonchev–Trinajstić information content (AvgIpc) is 3.06.